The summed E-state index contributed by atoms with van der Waals surface area (Å²) < 4.78 is 0. The molecule has 0 aliphatic heterocycles. The average molecular weight is 363 g/mol. The second-order valence-corrected chi connectivity index (χ2v) is 6.84. The third-order valence-electron chi connectivity index (χ3n) is 4.67. The lowest BCUT2D eigenvalue weighted by Gasteiger charge is -2.18. The molecule has 140 valence electrons. The maximum atomic E-state index is 11.0. The minimum absolute atomic E-state index is 0.0873. The van der Waals surface area contributed by atoms with Crippen molar-refractivity contribution in [3.05, 3.63) is 77.5 Å². The third kappa shape index (κ3) is 5.53. The Bertz CT molecular complexity index is 857. The Morgan fingerprint density at radius 1 is 1.15 bits per heavy atom. The lowest BCUT2D eigenvalue weighted by molar-refractivity contribution is -0.137. The van der Waals surface area contributed by atoms with Gasteiger partial charge in [0.1, 0.15) is 0 Å². The van der Waals surface area contributed by atoms with Gasteiger partial charge in [0, 0.05) is 24.6 Å². The standard InChI is InChI=1S/C22H25N3O2/c1-16-7-9-18(10-8-16)22-19(15-24-25-22)14-23-20(11-12-21(26)27)13-17-5-3-2-4-6-17/h2-10,15,20,23H,11-14H2,1H3,(H,24,25)(H,26,27). The summed E-state index contributed by atoms with van der Waals surface area (Å²) in [5.74, 6) is -0.765. The van der Waals surface area contributed by atoms with Crippen LogP contribution < -0.4 is 5.32 Å². The summed E-state index contributed by atoms with van der Waals surface area (Å²) in [5, 5.41) is 19.9. The molecule has 0 saturated carbocycles. The molecule has 0 aliphatic rings. The normalized spacial score (nSPS) is 12.0. The van der Waals surface area contributed by atoms with Crippen molar-refractivity contribution in [2.24, 2.45) is 0 Å². The Labute approximate surface area is 159 Å². The van der Waals surface area contributed by atoms with Crippen LogP contribution in [0.3, 0.4) is 0 Å². The number of carbonyl (C=O) groups is 1. The second-order valence-electron chi connectivity index (χ2n) is 6.84. The van der Waals surface area contributed by atoms with Crippen LogP contribution in [-0.2, 0) is 17.8 Å². The molecule has 0 amide bonds. The summed E-state index contributed by atoms with van der Waals surface area (Å²) in [6.07, 6.45) is 3.37. The van der Waals surface area contributed by atoms with Crippen LogP contribution in [0.25, 0.3) is 11.3 Å². The van der Waals surface area contributed by atoms with Gasteiger partial charge in [0.2, 0.25) is 0 Å². The molecule has 0 radical (unpaired) electrons. The molecule has 0 spiro atoms. The van der Waals surface area contributed by atoms with Gasteiger partial charge < -0.3 is 10.4 Å². The van der Waals surface area contributed by atoms with Gasteiger partial charge in [0.25, 0.3) is 0 Å². The third-order valence-corrected chi connectivity index (χ3v) is 4.67. The minimum Gasteiger partial charge on any atom is -0.481 e. The molecule has 0 fully saturated rings. The number of carboxylic acid groups (broad SMARTS) is 1. The van der Waals surface area contributed by atoms with Gasteiger partial charge in [-0.15, -0.1) is 0 Å². The van der Waals surface area contributed by atoms with Crippen molar-refractivity contribution in [3.63, 3.8) is 0 Å². The summed E-state index contributed by atoms with van der Waals surface area (Å²) in [5.41, 5.74) is 5.59. The van der Waals surface area contributed by atoms with Crippen molar-refractivity contribution in [3.8, 4) is 11.3 Å². The lowest BCUT2D eigenvalue weighted by Crippen LogP contribution is -2.31. The van der Waals surface area contributed by atoms with Crippen molar-refractivity contribution < 1.29 is 9.90 Å². The first-order valence-corrected chi connectivity index (χ1v) is 9.20. The largest absolute Gasteiger partial charge is 0.481 e. The zero-order chi connectivity index (χ0) is 19.1. The van der Waals surface area contributed by atoms with Gasteiger partial charge in [-0.2, -0.15) is 5.10 Å². The van der Waals surface area contributed by atoms with Crippen molar-refractivity contribution >= 4 is 5.97 Å². The van der Waals surface area contributed by atoms with Crippen molar-refractivity contribution in [2.45, 2.75) is 38.8 Å². The van der Waals surface area contributed by atoms with Gasteiger partial charge in [-0.25, -0.2) is 0 Å². The van der Waals surface area contributed by atoms with E-state index < -0.39 is 5.97 Å². The predicted molar refractivity (Wildman–Crippen MR) is 106 cm³/mol. The van der Waals surface area contributed by atoms with E-state index in [1.165, 1.54) is 11.1 Å². The molecule has 0 aliphatic carbocycles. The monoisotopic (exact) mass is 363 g/mol. The summed E-state index contributed by atoms with van der Waals surface area (Å²) >= 11 is 0. The van der Waals surface area contributed by atoms with Gasteiger partial charge in [-0.05, 0) is 30.9 Å². The summed E-state index contributed by atoms with van der Waals surface area (Å²) in [6.45, 7) is 2.70. The van der Waals surface area contributed by atoms with Crippen LogP contribution in [0.1, 0.15) is 29.5 Å². The molecular formula is C22H25N3O2. The fraction of sp³-hybridized carbons (Fsp3) is 0.273. The molecule has 1 atom stereocenters. The van der Waals surface area contributed by atoms with Gasteiger partial charge in [-0.3, -0.25) is 9.89 Å². The molecular weight excluding hydrogens is 338 g/mol. The number of hydrogen-bond acceptors (Lipinski definition) is 3. The molecule has 1 aromatic heterocycles. The van der Waals surface area contributed by atoms with Crippen LogP contribution in [0.4, 0.5) is 0 Å². The summed E-state index contributed by atoms with van der Waals surface area (Å²) in [6, 6.07) is 18.6. The number of aromatic nitrogens is 2. The number of hydrogen-bond donors (Lipinski definition) is 3. The van der Waals surface area contributed by atoms with Crippen LogP contribution in [0.2, 0.25) is 0 Å². The Balaban J connectivity index is 1.68. The number of rotatable bonds is 9. The topological polar surface area (TPSA) is 78.0 Å². The van der Waals surface area contributed by atoms with E-state index in [9.17, 15) is 4.79 Å². The first-order chi connectivity index (χ1) is 13.1. The molecule has 3 rings (SSSR count). The Hall–Kier alpha value is -2.92. The zero-order valence-corrected chi connectivity index (χ0v) is 15.5. The Kier molecular flexibility index (Phi) is 6.39. The molecule has 3 aromatic rings. The van der Waals surface area contributed by atoms with E-state index in [4.69, 9.17) is 5.11 Å². The Morgan fingerprint density at radius 2 is 1.89 bits per heavy atom. The highest BCUT2D eigenvalue weighted by Crippen LogP contribution is 2.21. The van der Waals surface area contributed by atoms with Crippen molar-refractivity contribution in [1.82, 2.24) is 15.5 Å². The van der Waals surface area contributed by atoms with Gasteiger partial charge in [0.15, 0.2) is 0 Å². The van der Waals surface area contributed by atoms with Crippen LogP contribution in [0.5, 0.6) is 0 Å². The van der Waals surface area contributed by atoms with E-state index in [2.05, 4.69) is 58.8 Å². The maximum Gasteiger partial charge on any atom is 0.303 e. The van der Waals surface area contributed by atoms with Gasteiger partial charge in [-0.1, -0.05) is 60.2 Å². The van der Waals surface area contributed by atoms with Crippen molar-refractivity contribution in [1.29, 1.82) is 0 Å². The number of aliphatic carboxylic acids is 1. The number of benzene rings is 2. The zero-order valence-electron chi connectivity index (χ0n) is 15.5. The highest BCUT2D eigenvalue weighted by Gasteiger charge is 2.14. The summed E-state index contributed by atoms with van der Waals surface area (Å²) in [4.78, 5) is 11.0. The second kappa shape index (κ2) is 9.14. The van der Waals surface area contributed by atoms with Gasteiger partial charge >= 0.3 is 5.97 Å². The number of aromatic amines is 1. The molecule has 27 heavy (non-hydrogen) atoms. The highest BCUT2D eigenvalue weighted by atomic mass is 16.4. The fourth-order valence-corrected chi connectivity index (χ4v) is 3.14. The smallest absolute Gasteiger partial charge is 0.303 e. The molecule has 0 saturated heterocycles. The molecule has 2 aromatic carbocycles. The van der Waals surface area contributed by atoms with E-state index in [0.717, 1.165) is 23.2 Å². The first-order valence-electron chi connectivity index (χ1n) is 9.20. The maximum absolute atomic E-state index is 11.0. The Morgan fingerprint density at radius 3 is 2.59 bits per heavy atom. The number of H-pyrrole nitrogens is 1. The van der Waals surface area contributed by atoms with Crippen LogP contribution >= 0.6 is 0 Å². The highest BCUT2D eigenvalue weighted by molar-refractivity contribution is 5.66. The predicted octanol–water partition coefficient (Wildman–Crippen LogP) is 3.95. The molecule has 3 N–H and O–H groups in total. The van der Waals surface area contributed by atoms with E-state index in [1.807, 2.05) is 24.4 Å². The van der Waals surface area contributed by atoms with E-state index in [-0.39, 0.29) is 12.5 Å². The van der Waals surface area contributed by atoms with Crippen LogP contribution in [0.15, 0.2) is 60.8 Å². The van der Waals surface area contributed by atoms with Crippen molar-refractivity contribution in [2.75, 3.05) is 0 Å². The SMILES string of the molecule is Cc1ccc(-c2[nH]ncc2CNC(CCC(=O)O)Cc2ccccc2)cc1. The van der Waals surface area contributed by atoms with Crippen LogP contribution in [-0.4, -0.2) is 27.3 Å². The van der Waals surface area contributed by atoms with Crippen LogP contribution in [0, 0.1) is 6.92 Å². The lowest BCUT2D eigenvalue weighted by atomic mass is 10.0. The molecule has 1 unspecified atom stereocenters. The fourth-order valence-electron chi connectivity index (χ4n) is 3.14. The first kappa shape index (κ1) is 18.9. The van der Waals surface area contributed by atoms with Gasteiger partial charge in [0.05, 0.1) is 11.9 Å². The number of nitrogens with zero attached hydrogens (tertiary/aromatic N) is 1. The number of nitrogens with one attached hydrogen (secondary N) is 2. The molecule has 5 nitrogen and oxygen atoms in total. The molecule has 5 heteroatoms. The minimum atomic E-state index is -0.765. The number of carboxylic acids is 1. The summed E-state index contributed by atoms with van der Waals surface area (Å²) in [7, 11) is 0. The van der Waals surface area contributed by atoms with E-state index in [0.29, 0.717) is 13.0 Å². The molecule has 0 bridgehead atoms. The molecule has 1 heterocycles. The van der Waals surface area contributed by atoms with E-state index >= 15 is 0 Å². The van der Waals surface area contributed by atoms with E-state index in [1.54, 1.807) is 0 Å². The quantitative estimate of drug-likeness (QED) is 0.538. The number of aryl methyl sites for hydroxylation is 1. The average Bonchev–Trinajstić information content (AvgIpc) is 3.14.